The molecule has 0 amide bonds. The summed E-state index contributed by atoms with van der Waals surface area (Å²) in [6.07, 6.45) is 2.19. The minimum Gasteiger partial charge on any atom is -0.381 e. The number of rotatable bonds is 5. The van der Waals surface area contributed by atoms with Crippen molar-refractivity contribution in [3.63, 3.8) is 0 Å². The van der Waals surface area contributed by atoms with Gasteiger partial charge in [-0.25, -0.2) is 0 Å². The van der Waals surface area contributed by atoms with Crippen LogP contribution in [0.1, 0.15) is 37.1 Å². The lowest BCUT2D eigenvalue weighted by Gasteiger charge is -1.99. The molecule has 4 heteroatoms. The molecule has 1 fully saturated rings. The molecule has 0 radical (unpaired) electrons. The Bertz CT molecular complexity index is 293. The summed E-state index contributed by atoms with van der Waals surface area (Å²) in [5, 5.41) is 7.34. The van der Waals surface area contributed by atoms with E-state index in [0.717, 1.165) is 50.6 Å². The summed E-state index contributed by atoms with van der Waals surface area (Å²) in [6.45, 7) is 5.59. The van der Waals surface area contributed by atoms with E-state index in [4.69, 9.17) is 9.26 Å². The molecule has 0 aromatic carbocycles. The van der Waals surface area contributed by atoms with Crippen LogP contribution in [-0.2, 0) is 11.3 Å². The van der Waals surface area contributed by atoms with Gasteiger partial charge in [-0.15, -0.1) is 0 Å². The van der Waals surface area contributed by atoms with Gasteiger partial charge in [-0.2, -0.15) is 0 Å². The molecule has 0 spiro atoms. The van der Waals surface area contributed by atoms with Crippen LogP contribution in [-0.4, -0.2) is 24.9 Å². The number of hydrogen-bond donors (Lipinski definition) is 1. The molecule has 1 aliphatic rings. The maximum Gasteiger partial charge on any atom is 0.142 e. The summed E-state index contributed by atoms with van der Waals surface area (Å²) < 4.78 is 10.6. The quantitative estimate of drug-likeness (QED) is 0.751. The molecule has 1 unspecified atom stereocenters. The molecule has 1 atom stereocenters. The summed E-state index contributed by atoms with van der Waals surface area (Å²) >= 11 is 0. The van der Waals surface area contributed by atoms with Crippen molar-refractivity contribution in [2.45, 2.75) is 32.2 Å². The minimum atomic E-state index is 0.414. The predicted molar refractivity (Wildman–Crippen MR) is 56.7 cm³/mol. The maximum atomic E-state index is 5.32. The Labute approximate surface area is 90.0 Å². The fourth-order valence-electron chi connectivity index (χ4n) is 1.76. The van der Waals surface area contributed by atoms with Crippen LogP contribution in [0.2, 0.25) is 0 Å². The van der Waals surface area contributed by atoms with E-state index in [0.29, 0.717) is 5.92 Å². The Morgan fingerprint density at radius 2 is 2.53 bits per heavy atom. The average Bonchev–Trinajstić information content (AvgIpc) is 2.87. The van der Waals surface area contributed by atoms with E-state index >= 15 is 0 Å². The zero-order chi connectivity index (χ0) is 10.5. The Kier molecular flexibility index (Phi) is 3.75. The average molecular weight is 210 g/mol. The smallest absolute Gasteiger partial charge is 0.142 e. The molecule has 1 aliphatic heterocycles. The zero-order valence-electron chi connectivity index (χ0n) is 9.16. The van der Waals surface area contributed by atoms with Gasteiger partial charge in [-0.1, -0.05) is 12.1 Å². The van der Waals surface area contributed by atoms with Crippen molar-refractivity contribution in [1.29, 1.82) is 0 Å². The highest BCUT2D eigenvalue weighted by Crippen LogP contribution is 2.25. The summed E-state index contributed by atoms with van der Waals surface area (Å²) in [5.74, 6) is 1.39. The lowest BCUT2D eigenvalue weighted by Crippen LogP contribution is -2.13. The lowest BCUT2D eigenvalue weighted by atomic mass is 10.1. The van der Waals surface area contributed by atoms with Crippen molar-refractivity contribution >= 4 is 0 Å². The Hall–Kier alpha value is -0.870. The third kappa shape index (κ3) is 2.79. The summed E-state index contributed by atoms with van der Waals surface area (Å²) in [7, 11) is 0. The molecule has 2 rings (SSSR count). The van der Waals surface area contributed by atoms with E-state index in [-0.39, 0.29) is 0 Å². The van der Waals surface area contributed by atoms with Crippen molar-refractivity contribution in [3.8, 4) is 0 Å². The van der Waals surface area contributed by atoms with Crippen molar-refractivity contribution in [2.24, 2.45) is 0 Å². The van der Waals surface area contributed by atoms with Crippen molar-refractivity contribution in [3.05, 3.63) is 17.5 Å². The van der Waals surface area contributed by atoms with E-state index in [1.54, 1.807) is 0 Å². The Morgan fingerprint density at radius 1 is 1.60 bits per heavy atom. The zero-order valence-corrected chi connectivity index (χ0v) is 9.16. The molecule has 1 aromatic rings. The summed E-state index contributed by atoms with van der Waals surface area (Å²) in [5.41, 5.74) is 0.991. The second-order valence-electron chi connectivity index (χ2n) is 3.96. The monoisotopic (exact) mass is 210 g/mol. The van der Waals surface area contributed by atoms with E-state index in [2.05, 4.69) is 17.4 Å². The molecule has 1 aromatic heterocycles. The van der Waals surface area contributed by atoms with Crippen molar-refractivity contribution < 1.29 is 9.26 Å². The van der Waals surface area contributed by atoms with Gasteiger partial charge in [0.25, 0.3) is 0 Å². The molecular weight excluding hydrogens is 192 g/mol. The molecule has 15 heavy (non-hydrogen) atoms. The molecule has 0 bridgehead atoms. The molecular formula is C11H18N2O2. The number of aromatic nitrogens is 1. The first-order valence-electron chi connectivity index (χ1n) is 5.64. The van der Waals surface area contributed by atoms with Gasteiger partial charge in [0.05, 0.1) is 12.3 Å². The van der Waals surface area contributed by atoms with Gasteiger partial charge >= 0.3 is 0 Å². The first kappa shape index (κ1) is 10.6. The molecule has 1 saturated heterocycles. The fourth-order valence-corrected chi connectivity index (χ4v) is 1.76. The van der Waals surface area contributed by atoms with Crippen LogP contribution in [0.4, 0.5) is 0 Å². The number of ether oxygens (including phenoxy) is 1. The van der Waals surface area contributed by atoms with Crippen LogP contribution in [0.25, 0.3) is 0 Å². The van der Waals surface area contributed by atoms with Crippen LogP contribution in [0, 0.1) is 0 Å². The lowest BCUT2D eigenvalue weighted by molar-refractivity contribution is 0.190. The molecule has 84 valence electrons. The Morgan fingerprint density at radius 3 is 3.27 bits per heavy atom. The standard InChI is InChI=1S/C11H18N2O2/c1-2-4-12-7-10-6-11(15-13-10)9-3-5-14-8-9/h6,9,12H,2-5,7-8H2,1H3. The topological polar surface area (TPSA) is 47.3 Å². The second-order valence-corrected chi connectivity index (χ2v) is 3.96. The number of nitrogens with zero attached hydrogens (tertiary/aromatic N) is 1. The van der Waals surface area contributed by atoms with Crippen molar-refractivity contribution in [1.82, 2.24) is 10.5 Å². The number of nitrogens with one attached hydrogen (secondary N) is 1. The molecule has 4 nitrogen and oxygen atoms in total. The largest absolute Gasteiger partial charge is 0.381 e. The highest BCUT2D eigenvalue weighted by atomic mass is 16.5. The SMILES string of the molecule is CCCNCc1cc(C2CCOC2)on1. The second kappa shape index (κ2) is 5.28. The van der Waals surface area contributed by atoms with Crippen LogP contribution in [0.3, 0.4) is 0 Å². The summed E-state index contributed by atoms with van der Waals surface area (Å²) in [4.78, 5) is 0. The Balaban J connectivity index is 1.86. The van der Waals surface area contributed by atoms with E-state index in [1.807, 2.05) is 6.07 Å². The third-order valence-corrected chi connectivity index (χ3v) is 2.64. The van der Waals surface area contributed by atoms with Gasteiger partial charge in [0.1, 0.15) is 5.76 Å². The van der Waals surface area contributed by atoms with Gasteiger partial charge in [-0.05, 0) is 19.4 Å². The molecule has 2 heterocycles. The third-order valence-electron chi connectivity index (χ3n) is 2.64. The summed E-state index contributed by atoms with van der Waals surface area (Å²) in [6, 6.07) is 2.04. The van der Waals surface area contributed by atoms with Gasteiger partial charge in [0, 0.05) is 25.1 Å². The normalized spacial score (nSPS) is 21.0. The van der Waals surface area contributed by atoms with E-state index < -0.39 is 0 Å². The van der Waals surface area contributed by atoms with E-state index in [9.17, 15) is 0 Å². The van der Waals surface area contributed by atoms with Crippen LogP contribution in [0.15, 0.2) is 10.6 Å². The minimum absolute atomic E-state index is 0.414. The molecule has 0 saturated carbocycles. The van der Waals surface area contributed by atoms with E-state index in [1.165, 1.54) is 0 Å². The highest BCUT2D eigenvalue weighted by Gasteiger charge is 2.21. The van der Waals surface area contributed by atoms with Crippen molar-refractivity contribution in [2.75, 3.05) is 19.8 Å². The van der Waals surface area contributed by atoms with Gasteiger partial charge in [0.15, 0.2) is 0 Å². The maximum absolute atomic E-state index is 5.32. The van der Waals surface area contributed by atoms with Crippen LogP contribution >= 0.6 is 0 Å². The highest BCUT2D eigenvalue weighted by molar-refractivity contribution is 5.10. The first-order valence-corrected chi connectivity index (χ1v) is 5.64. The number of hydrogen-bond acceptors (Lipinski definition) is 4. The van der Waals surface area contributed by atoms with Gasteiger partial charge in [0.2, 0.25) is 0 Å². The first-order chi connectivity index (χ1) is 7.40. The molecule has 1 N–H and O–H groups in total. The fraction of sp³-hybridized carbons (Fsp3) is 0.727. The van der Waals surface area contributed by atoms with Gasteiger partial charge in [-0.3, -0.25) is 0 Å². The molecule has 0 aliphatic carbocycles. The van der Waals surface area contributed by atoms with Crippen LogP contribution in [0.5, 0.6) is 0 Å². The van der Waals surface area contributed by atoms with Gasteiger partial charge < -0.3 is 14.6 Å². The predicted octanol–water partition coefficient (Wildman–Crippen LogP) is 1.68. The van der Waals surface area contributed by atoms with Crippen LogP contribution < -0.4 is 5.32 Å².